The molecule has 1 amide bonds. The molecule has 0 spiro atoms. The SMILES string of the molecule is O=C(Nc1ccc(SCc2ccccc2F)cc1)c1cccs1. The van der Waals surface area contributed by atoms with Crippen molar-refractivity contribution in [3.05, 3.63) is 82.3 Å². The quantitative estimate of drug-likeness (QED) is 0.626. The van der Waals surface area contributed by atoms with Crippen molar-refractivity contribution >= 4 is 34.7 Å². The van der Waals surface area contributed by atoms with Gasteiger partial charge in [0.15, 0.2) is 0 Å². The van der Waals surface area contributed by atoms with E-state index in [1.54, 1.807) is 30.0 Å². The molecule has 0 fully saturated rings. The number of carbonyl (C=O) groups is 1. The predicted molar refractivity (Wildman–Crippen MR) is 94.7 cm³/mol. The molecule has 0 aliphatic carbocycles. The largest absolute Gasteiger partial charge is 0.321 e. The van der Waals surface area contributed by atoms with Gasteiger partial charge in [-0.2, -0.15) is 0 Å². The highest BCUT2D eigenvalue weighted by Crippen LogP contribution is 2.25. The summed E-state index contributed by atoms with van der Waals surface area (Å²) >= 11 is 2.97. The number of nitrogens with one attached hydrogen (secondary N) is 1. The second-order valence-corrected chi connectivity index (χ2v) is 6.83. The molecule has 0 bridgehead atoms. The van der Waals surface area contributed by atoms with E-state index in [-0.39, 0.29) is 11.7 Å². The maximum absolute atomic E-state index is 13.6. The van der Waals surface area contributed by atoms with Crippen LogP contribution in [-0.4, -0.2) is 5.91 Å². The third-order valence-corrected chi connectivity index (χ3v) is 5.14. The van der Waals surface area contributed by atoms with Crippen LogP contribution >= 0.6 is 23.1 Å². The topological polar surface area (TPSA) is 29.1 Å². The number of benzene rings is 2. The number of carbonyl (C=O) groups excluding carboxylic acids is 1. The molecule has 3 rings (SSSR count). The number of anilines is 1. The van der Waals surface area contributed by atoms with Gasteiger partial charge >= 0.3 is 0 Å². The molecule has 2 nitrogen and oxygen atoms in total. The van der Waals surface area contributed by atoms with E-state index in [0.717, 1.165) is 10.6 Å². The Bertz CT molecular complexity index is 785. The minimum absolute atomic E-state index is 0.105. The van der Waals surface area contributed by atoms with Gasteiger partial charge in [0.2, 0.25) is 0 Å². The molecule has 1 aromatic heterocycles. The average Bonchev–Trinajstić information content (AvgIpc) is 3.10. The van der Waals surface area contributed by atoms with Crippen LogP contribution in [0.5, 0.6) is 0 Å². The molecular formula is C18H14FNOS2. The fourth-order valence-corrected chi connectivity index (χ4v) is 3.52. The normalized spacial score (nSPS) is 10.5. The molecule has 0 atom stereocenters. The van der Waals surface area contributed by atoms with Crippen LogP contribution < -0.4 is 5.32 Å². The van der Waals surface area contributed by atoms with E-state index in [1.807, 2.05) is 41.8 Å². The lowest BCUT2D eigenvalue weighted by molar-refractivity contribution is 0.103. The van der Waals surface area contributed by atoms with Crippen molar-refractivity contribution in [2.75, 3.05) is 5.32 Å². The first-order valence-corrected chi connectivity index (χ1v) is 8.90. The van der Waals surface area contributed by atoms with Crippen molar-refractivity contribution in [1.82, 2.24) is 0 Å². The summed E-state index contributed by atoms with van der Waals surface area (Å²) in [7, 11) is 0. The minimum atomic E-state index is -0.181. The van der Waals surface area contributed by atoms with Crippen LogP contribution in [0.2, 0.25) is 0 Å². The summed E-state index contributed by atoms with van der Waals surface area (Å²) in [4.78, 5) is 13.7. The lowest BCUT2D eigenvalue weighted by atomic mass is 10.2. The molecule has 1 heterocycles. The molecule has 0 saturated carbocycles. The summed E-state index contributed by atoms with van der Waals surface area (Å²) in [5, 5.41) is 4.73. The van der Waals surface area contributed by atoms with E-state index < -0.39 is 0 Å². The maximum Gasteiger partial charge on any atom is 0.265 e. The summed E-state index contributed by atoms with van der Waals surface area (Å²) in [6.45, 7) is 0. The Balaban J connectivity index is 1.59. The fourth-order valence-electron chi connectivity index (χ4n) is 2.01. The smallest absolute Gasteiger partial charge is 0.265 e. The van der Waals surface area contributed by atoms with Crippen molar-refractivity contribution in [2.24, 2.45) is 0 Å². The van der Waals surface area contributed by atoms with Crippen LogP contribution in [0.1, 0.15) is 15.2 Å². The van der Waals surface area contributed by atoms with Gasteiger partial charge in [0, 0.05) is 16.3 Å². The van der Waals surface area contributed by atoms with Gasteiger partial charge in [0.25, 0.3) is 5.91 Å². The van der Waals surface area contributed by atoms with Gasteiger partial charge in [0.05, 0.1) is 4.88 Å². The third-order valence-electron chi connectivity index (χ3n) is 3.21. The molecule has 0 saturated heterocycles. The molecule has 5 heteroatoms. The average molecular weight is 343 g/mol. The number of thiophene rings is 1. The number of thioether (sulfide) groups is 1. The van der Waals surface area contributed by atoms with Crippen LogP contribution in [0, 0.1) is 5.82 Å². The van der Waals surface area contributed by atoms with Crippen LogP contribution in [-0.2, 0) is 5.75 Å². The van der Waals surface area contributed by atoms with Gasteiger partial charge in [-0.15, -0.1) is 23.1 Å². The lowest BCUT2D eigenvalue weighted by Gasteiger charge is -2.06. The molecule has 2 aromatic carbocycles. The van der Waals surface area contributed by atoms with Gasteiger partial charge in [-0.3, -0.25) is 4.79 Å². The van der Waals surface area contributed by atoms with Gasteiger partial charge in [-0.1, -0.05) is 24.3 Å². The molecule has 23 heavy (non-hydrogen) atoms. The summed E-state index contributed by atoms with van der Waals surface area (Å²) < 4.78 is 13.6. The summed E-state index contributed by atoms with van der Waals surface area (Å²) in [6, 6.07) is 18.0. The first-order valence-electron chi connectivity index (χ1n) is 7.03. The standard InChI is InChI=1S/C18H14FNOS2/c19-16-5-2-1-4-13(16)12-23-15-9-7-14(8-10-15)20-18(21)17-6-3-11-22-17/h1-11H,12H2,(H,20,21). The maximum atomic E-state index is 13.6. The van der Waals surface area contributed by atoms with E-state index in [4.69, 9.17) is 0 Å². The molecule has 3 aromatic rings. The van der Waals surface area contributed by atoms with Gasteiger partial charge in [0.1, 0.15) is 5.82 Å². The highest BCUT2D eigenvalue weighted by Gasteiger charge is 2.07. The monoisotopic (exact) mass is 343 g/mol. The van der Waals surface area contributed by atoms with Crippen LogP contribution in [0.4, 0.5) is 10.1 Å². The van der Waals surface area contributed by atoms with Crippen molar-refractivity contribution in [3.8, 4) is 0 Å². The van der Waals surface area contributed by atoms with Crippen molar-refractivity contribution in [3.63, 3.8) is 0 Å². The van der Waals surface area contributed by atoms with Crippen LogP contribution in [0.3, 0.4) is 0 Å². The van der Waals surface area contributed by atoms with Crippen LogP contribution in [0.25, 0.3) is 0 Å². The Morgan fingerprint density at radius 2 is 1.83 bits per heavy atom. The van der Waals surface area contributed by atoms with E-state index in [0.29, 0.717) is 16.2 Å². The molecule has 1 N–H and O–H groups in total. The lowest BCUT2D eigenvalue weighted by Crippen LogP contribution is -2.09. The fraction of sp³-hybridized carbons (Fsp3) is 0.0556. The zero-order chi connectivity index (χ0) is 16.1. The highest BCUT2D eigenvalue weighted by molar-refractivity contribution is 7.98. The number of hydrogen-bond donors (Lipinski definition) is 1. The first-order chi connectivity index (χ1) is 11.2. The molecule has 0 aliphatic heterocycles. The van der Waals surface area contributed by atoms with E-state index >= 15 is 0 Å². The number of halogens is 1. The minimum Gasteiger partial charge on any atom is -0.321 e. The zero-order valence-electron chi connectivity index (χ0n) is 12.2. The van der Waals surface area contributed by atoms with Crippen molar-refractivity contribution in [2.45, 2.75) is 10.6 Å². The van der Waals surface area contributed by atoms with Crippen molar-refractivity contribution < 1.29 is 9.18 Å². The molecule has 0 radical (unpaired) electrons. The second kappa shape index (κ2) is 7.44. The van der Waals surface area contributed by atoms with E-state index in [1.165, 1.54) is 17.4 Å². The third kappa shape index (κ3) is 4.21. The van der Waals surface area contributed by atoms with Crippen LogP contribution in [0.15, 0.2) is 70.9 Å². The van der Waals surface area contributed by atoms with Gasteiger partial charge in [-0.25, -0.2) is 4.39 Å². The Morgan fingerprint density at radius 1 is 1.04 bits per heavy atom. The van der Waals surface area contributed by atoms with E-state index in [9.17, 15) is 9.18 Å². The second-order valence-electron chi connectivity index (χ2n) is 4.84. The summed E-state index contributed by atoms with van der Waals surface area (Å²) in [5.41, 5.74) is 1.44. The Hall–Kier alpha value is -2.11. The summed E-state index contributed by atoms with van der Waals surface area (Å²) in [5.74, 6) is 0.291. The first kappa shape index (κ1) is 15.8. The molecule has 0 aliphatic rings. The van der Waals surface area contributed by atoms with Gasteiger partial charge in [-0.05, 0) is 47.3 Å². The number of rotatable bonds is 5. The predicted octanol–water partition coefficient (Wildman–Crippen LogP) is 5.43. The Morgan fingerprint density at radius 3 is 2.52 bits per heavy atom. The number of amides is 1. The number of hydrogen-bond acceptors (Lipinski definition) is 3. The zero-order valence-corrected chi connectivity index (χ0v) is 13.8. The Labute approximate surface area is 142 Å². The van der Waals surface area contributed by atoms with Gasteiger partial charge < -0.3 is 5.32 Å². The molecule has 0 unspecified atom stereocenters. The molecular weight excluding hydrogens is 329 g/mol. The highest BCUT2D eigenvalue weighted by atomic mass is 32.2. The Kier molecular flexibility index (Phi) is 5.10. The molecule has 116 valence electrons. The summed E-state index contributed by atoms with van der Waals surface area (Å²) in [6.07, 6.45) is 0. The van der Waals surface area contributed by atoms with Crippen molar-refractivity contribution in [1.29, 1.82) is 0 Å². The van der Waals surface area contributed by atoms with E-state index in [2.05, 4.69) is 5.32 Å².